The van der Waals surface area contributed by atoms with Gasteiger partial charge in [-0.15, -0.1) is 0 Å². The van der Waals surface area contributed by atoms with Gasteiger partial charge in [-0.05, 0) is 69.0 Å². The lowest BCUT2D eigenvalue weighted by molar-refractivity contribution is 0.153. The van der Waals surface area contributed by atoms with Crippen molar-refractivity contribution in [3.8, 4) is 0 Å². The van der Waals surface area contributed by atoms with E-state index >= 15 is 0 Å². The first-order valence-corrected chi connectivity index (χ1v) is 11.9. The van der Waals surface area contributed by atoms with E-state index in [-0.39, 0.29) is 12.7 Å². The summed E-state index contributed by atoms with van der Waals surface area (Å²) in [7, 11) is 0. The molecule has 1 fully saturated rings. The summed E-state index contributed by atoms with van der Waals surface area (Å²) in [6, 6.07) is 6.68. The molecule has 2 aliphatic heterocycles. The van der Waals surface area contributed by atoms with E-state index in [4.69, 9.17) is 4.99 Å². The molecule has 0 spiro atoms. The Labute approximate surface area is 197 Å². The number of rotatable bonds is 6. The predicted molar refractivity (Wildman–Crippen MR) is 135 cm³/mol. The van der Waals surface area contributed by atoms with Gasteiger partial charge in [0.1, 0.15) is 12.5 Å². The molecule has 0 aliphatic carbocycles. The Morgan fingerprint density at radius 3 is 2.39 bits per heavy atom. The summed E-state index contributed by atoms with van der Waals surface area (Å²) >= 11 is 0. The van der Waals surface area contributed by atoms with Crippen LogP contribution in [-0.4, -0.2) is 71.0 Å². The van der Waals surface area contributed by atoms with E-state index in [9.17, 15) is 10.2 Å². The minimum Gasteiger partial charge on any atom is -0.393 e. The number of hydrogen-bond acceptors (Lipinski definition) is 6. The molecule has 178 valence electrons. The second kappa shape index (κ2) is 10.1. The molecule has 1 unspecified atom stereocenters. The van der Waals surface area contributed by atoms with Crippen molar-refractivity contribution in [1.29, 1.82) is 0 Å². The summed E-state index contributed by atoms with van der Waals surface area (Å²) in [6.07, 6.45) is 6.76. The van der Waals surface area contributed by atoms with E-state index in [1.807, 2.05) is 30.8 Å². The van der Waals surface area contributed by atoms with Crippen LogP contribution in [0.2, 0.25) is 0 Å². The van der Waals surface area contributed by atoms with Gasteiger partial charge in [0.15, 0.2) is 0 Å². The van der Waals surface area contributed by atoms with Crippen LogP contribution in [-0.2, 0) is 6.61 Å². The normalized spacial score (nSPS) is 18.4. The maximum absolute atomic E-state index is 9.53. The number of benzene rings is 1. The Morgan fingerprint density at radius 1 is 1.03 bits per heavy atom. The number of anilines is 2. The molecule has 1 atom stereocenters. The van der Waals surface area contributed by atoms with Crippen LogP contribution in [0.4, 0.5) is 11.4 Å². The summed E-state index contributed by atoms with van der Waals surface area (Å²) in [6.45, 7) is 13.8. The topological polar surface area (TPSA) is 67.5 Å². The molecule has 0 saturated carbocycles. The molecule has 4 rings (SSSR count). The van der Waals surface area contributed by atoms with Gasteiger partial charge in [0, 0.05) is 68.3 Å². The Kier molecular flexibility index (Phi) is 7.22. The molecule has 2 aliphatic rings. The van der Waals surface area contributed by atoms with Crippen LogP contribution in [0.3, 0.4) is 0 Å². The molecule has 0 amide bonds. The van der Waals surface area contributed by atoms with Crippen molar-refractivity contribution >= 4 is 17.2 Å². The zero-order valence-corrected chi connectivity index (χ0v) is 20.3. The van der Waals surface area contributed by atoms with Crippen molar-refractivity contribution in [1.82, 2.24) is 9.47 Å². The Morgan fingerprint density at radius 2 is 1.79 bits per heavy atom. The molecule has 1 saturated heterocycles. The Hall–Kier alpha value is -2.61. The van der Waals surface area contributed by atoms with Gasteiger partial charge in [0.2, 0.25) is 0 Å². The zero-order valence-electron chi connectivity index (χ0n) is 20.3. The smallest absolute Gasteiger partial charge is 0.138 e. The summed E-state index contributed by atoms with van der Waals surface area (Å²) < 4.78 is 2.01. The number of allylic oxidation sites excluding steroid dienone is 1. The summed E-state index contributed by atoms with van der Waals surface area (Å²) in [5.74, 6) is 0.927. The molecule has 33 heavy (non-hydrogen) atoms. The Bertz CT molecular complexity index is 1030. The Balaban J connectivity index is 1.41. The molecule has 7 heteroatoms. The first-order valence-electron chi connectivity index (χ1n) is 11.9. The lowest BCUT2D eigenvalue weighted by atomic mass is 10.1. The van der Waals surface area contributed by atoms with Crippen molar-refractivity contribution in [2.75, 3.05) is 49.2 Å². The first kappa shape index (κ1) is 23.5. The van der Waals surface area contributed by atoms with Crippen LogP contribution in [0.15, 0.2) is 47.4 Å². The van der Waals surface area contributed by atoms with E-state index < -0.39 is 0 Å². The second-order valence-electron chi connectivity index (χ2n) is 9.37. The number of aryl methyl sites for hydroxylation is 2. The van der Waals surface area contributed by atoms with E-state index in [0.717, 1.165) is 67.4 Å². The number of aliphatic hydroxyl groups is 2. The van der Waals surface area contributed by atoms with Gasteiger partial charge in [-0.2, -0.15) is 0 Å². The molecule has 0 radical (unpaired) electrons. The van der Waals surface area contributed by atoms with Crippen LogP contribution in [0.1, 0.15) is 37.0 Å². The SMILES string of the molecule is CC1=CN(c2ccc(N3CCN(CCC(C)O)CC3)c(C)c2)CN=C1n1cc(C)c(CO)c1. The van der Waals surface area contributed by atoms with Crippen molar-refractivity contribution in [2.45, 2.75) is 46.8 Å². The minimum absolute atomic E-state index is 0.0452. The van der Waals surface area contributed by atoms with Crippen molar-refractivity contribution in [3.63, 3.8) is 0 Å². The number of nitrogens with zero attached hydrogens (tertiary/aromatic N) is 5. The molecular weight excluding hydrogens is 414 g/mol. The van der Waals surface area contributed by atoms with Crippen molar-refractivity contribution in [2.24, 2.45) is 4.99 Å². The lowest BCUT2D eigenvalue weighted by Gasteiger charge is -2.37. The van der Waals surface area contributed by atoms with Gasteiger partial charge >= 0.3 is 0 Å². The fourth-order valence-corrected chi connectivity index (χ4v) is 4.68. The first-order chi connectivity index (χ1) is 15.9. The van der Waals surface area contributed by atoms with E-state index in [1.54, 1.807) is 0 Å². The highest BCUT2D eigenvalue weighted by atomic mass is 16.3. The molecule has 1 aromatic heterocycles. The van der Waals surface area contributed by atoms with Gasteiger partial charge in [-0.25, -0.2) is 4.99 Å². The minimum atomic E-state index is -0.226. The van der Waals surface area contributed by atoms with Gasteiger partial charge < -0.3 is 24.6 Å². The number of hydrogen-bond donors (Lipinski definition) is 2. The average molecular weight is 452 g/mol. The second-order valence-corrected chi connectivity index (χ2v) is 9.37. The highest BCUT2D eigenvalue weighted by Gasteiger charge is 2.20. The highest BCUT2D eigenvalue weighted by molar-refractivity contribution is 6.00. The van der Waals surface area contributed by atoms with E-state index in [0.29, 0.717) is 6.67 Å². The van der Waals surface area contributed by atoms with Crippen LogP contribution >= 0.6 is 0 Å². The molecule has 2 N–H and O–H groups in total. The van der Waals surface area contributed by atoms with Gasteiger partial charge in [-0.3, -0.25) is 4.90 Å². The largest absolute Gasteiger partial charge is 0.393 e. The number of aliphatic imine (C=N–C) groups is 1. The highest BCUT2D eigenvalue weighted by Crippen LogP contribution is 2.28. The number of aromatic nitrogens is 1. The molecule has 2 aromatic rings. The quantitative estimate of drug-likeness (QED) is 0.706. The third kappa shape index (κ3) is 5.32. The summed E-state index contributed by atoms with van der Waals surface area (Å²) in [4.78, 5) is 11.9. The molecule has 1 aromatic carbocycles. The maximum atomic E-state index is 9.53. The maximum Gasteiger partial charge on any atom is 0.138 e. The molecular formula is C26H37N5O2. The number of piperazine rings is 1. The summed E-state index contributed by atoms with van der Waals surface area (Å²) in [5, 5.41) is 19.0. The van der Waals surface area contributed by atoms with Gasteiger partial charge in [0.05, 0.1) is 12.7 Å². The lowest BCUT2D eigenvalue weighted by Crippen LogP contribution is -2.47. The third-order valence-electron chi connectivity index (χ3n) is 6.71. The van der Waals surface area contributed by atoms with Gasteiger partial charge in [0.25, 0.3) is 0 Å². The molecule has 0 bridgehead atoms. The average Bonchev–Trinajstić information content (AvgIpc) is 3.18. The predicted octanol–water partition coefficient (Wildman–Crippen LogP) is 3.12. The van der Waals surface area contributed by atoms with Crippen molar-refractivity contribution in [3.05, 3.63) is 59.1 Å². The molecule has 3 heterocycles. The fraction of sp³-hybridized carbons (Fsp3) is 0.500. The van der Waals surface area contributed by atoms with Crippen LogP contribution in [0.25, 0.3) is 0 Å². The van der Waals surface area contributed by atoms with Crippen molar-refractivity contribution < 1.29 is 10.2 Å². The number of aliphatic hydroxyl groups excluding tert-OH is 2. The van der Waals surface area contributed by atoms with Crippen LogP contribution < -0.4 is 9.80 Å². The van der Waals surface area contributed by atoms with Crippen LogP contribution in [0, 0.1) is 13.8 Å². The van der Waals surface area contributed by atoms with E-state index in [2.05, 4.69) is 52.9 Å². The summed E-state index contributed by atoms with van der Waals surface area (Å²) in [5.41, 5.74) is 6.83. The zero-order chi connectivity index (χ0) is 23.5. The molecule has 7 nitrogen and oxygen atoms in total. The van der Waals surface area contributed by atoms with Crippen LogP contribution in [0.5, 0.6) is 0 Å². The monoisotopic (exact) mass is 451 g/mol. The van der Waals surface area contributed by atoms with E-state index in [1.165, 1.54) is 11.3 Å². The third-order valence-corrected chi connectivity index (χ3v) is 6.71. The standard InChI is InChI=1S/C26H37N5O2/c1-19-13-24(5-6-25(19)29-11-9-28(10-12-29)8-7-22(4)33)31-15-21(3)26(27-18-31)30-14-20(2)23(16-30)17-32/h5-6,13-16,22,32-33H,7-12,17-18H2,1-4H3. The van der Waals surface area contributed by atoms with Gasteiger partial charge in [-0.1, -0.05) is 0 Å². The fourth-order valence-electron chi connectivity index (χ4n) is 4.68.